The second-order valence-electron chi connectivity index (χ2n) is 0.692. The van der Waals surface area contributed by atoms with Gasteiger partial charge in [-0.1, -0.05) is 0 Å². The lowest BCUT2D eigenvalue weighted by Gasteiger charge is -1.89. The first-order valence-corrected chi connectivity index (χ1v) is 1.24. The number of hydrogen-bond acceptors (Lipinski definition) is 3. The van der Waals surface area contributed by atoms with E-state index in [2.05, 4.69) is 13.1 Å². The van der Waals surface area contributed by atoms with Gasteiger partial charge in [-0.05, 0) is 0 Å². The fourth-order valence-electron chi connectivity index (χ4n) is 0. The highest BCUT2D eigenvalue weighted by Crippen LogP contribution is 1.25. The van der Waals surface area contributed by atoms with Gasteiger partial charge in [0.1, 0.15) is 0 Å². The van der Waals surface area contributed by atoms with E-state index in [0.29, 0.717) is 0 Å². The van der Waals surface area contributed by atoms with Crippen molar-refractivity contribution in [1.82, 2.24) is 5.14 Å². The molecule has 5 heavy (non-hydrogen) atoms. The van der Waals surface area contributed by atoms with Crippen molar-refractivity contribution in [2.45, 2.75) is 0 Å². The van der Waals surface area contributed by atoms with Crippen LogP contribution in [-0.4, -0.2) is 15.1 Å². The Hall–Kier alpha value is 0.00987. The first-order chi connectivity index (χ1) is 2.27. The van der Waals surface area contributed by atoms with Crippen molar-refractivity contribution >= 4 is 15.1 Å². The van der Waals surface area contributed by atoms with Crippen LogP contribution in [0.15, 0.2) is 0 Å². The van der Waals surface area contributed by atoms with Gasteiger partial charge in [0.15, 0.2) is 7.98 Å². The maximum Gasteiger partial charge on any atom is 0.377 e. The van der Waals surface area contributed by atoms with Gasteiger partial charge in [0.25, 0.3) is 0 Å². The predicted molar refractivity (Wildman–Crippen MR) is 23.0 cm³/mol. The van der Waals surface area contributed by atoms with Crippen molar-refractivity contribution in [2.75, 3.05) is 0 Å². The van der Waals surface area contributed by atoms with E-state index >= 15 is 0 Å². The highest BCUT2D eigenvalue weighted by Gasteiger charge is 1.88. The van der Waals surface area contributed by atoms with Crippen LogP contribution >= 0.6 is 0 Å². The Bertz CT molecular complexity index is 18.9. The van der Waals surface area contributed by atoms with Gasteiger partial charge in [0.2, 0.25) is 0 Å². The van der Waals surface area contributed by atoms with Crippen LogP contribution in [0, 0.1) is 0 Å². The second kappa shape index (κ2) is 2.26. The Morgan fingerprint density at radius 3 is 1.80 bits per heavy atom. The molecule has 0 saturated carbocycles. The van der Waals surface area contributed by atoms with Crippen LogP contribution in [0.3, 0.4) is 0 Å². The van der Waals surface area contributed by atoms with E-state index in [1.807, 2.05) is 0 Å². The van der Waals surface area contributed by atoms with E-state index < -0.39 is 7.12 Å². The molecule has 0 aromatic rings. The minimum atomic E-state index is -0.588. The van der Waals surface area contributed by atoms with E-state index in [-0.39, 0.29) is 0 Å². The van der Waals surface area contributed by atoms with Crippen molar-refractivity contribution in [3.8, 4) is 0 Å². The van der Waals surface area contributed by atoms with Crippen molar-refractivity contribution in [1.29, 1.82) is 0 Å². The molecule has 0 aliphatic carbocycles. The number of rotatable bonds is 1. The molecule has 2 radical (unpaired) electrons. The van der Waals surface area contributed by atoms with Crippen molar-refractivity contribution in [3.05, 3.63) is 0 Å². The molecular weight excluding hydrogens is 63.6 g/mol. The lowest BCUT2D eigenvalue weighted by Crippen LogP contribution is -2.50. The van der Waals surface area contributed by atoms with Gasteiger partial charge in [-0.15, -0.1) is 0 Å². The molecule has 0 rings (SSSR count). The Balaban J connectivity index is 2.54. The summed E-state index contributed by atoms with van der Waals surface area (Å²) >= 11 is 0. The molecule has 0 saturated heterocycles. The number of nitrogens with one attached hydrogen (secondary N) is 1. The first-order valence-electron chi connectivity index (χ1n) is 1.24. The van der Waals surface area contributed by atoms with Crippen LogP contribution in [-0.2, 0) is 0 Å². The Morgan fingerprint density at radius 2 is 1.80 bits per heavy atom. The lowest BCUT2D eigenvalue weighted by atomic mass is 9.97. The summed E-state index contributed by atoms with van der Waals surface area (Å²) in [6.07, 6.45) is 0. The third-order valence-electron chi connectivity index (χ3n) is 0.192. The topological polar surface area (TPSA) is 64.1 Å². The van der Waals surface area contributed by atoms with Crippen LogP contribution in [0.5, 0.6) is 0 Å². The summed E-state index contributed by atoms with van der Waals surface area (Å²) in [6.45, 7) is 0. The Labute approximate surface area is 32.7 Å². The van der Waals surface area contributed by atoms with Crippen molar-refractivity contribution in [2.24, 2.45) is 11.3 Å². The number of hydrogen-bond donors (Lipinski definition) is 3. The molecule has 0 amide bonds. The molecular formula is H5B2N3. The van der Waals surface area contributed by atoms with Crippen LogP contribution in [0.2, 0.25) is 0 Å². The standard InChI is InChI=1S/B2H5N3/c1-5-2(3)4/h5H,3-4H2. The highest BCUT2D eigenvalue weighted by molar-refractivity contribution is 6.54. The van der Waals surface area contributed by atoms with Gasteiger partial charge in [-0.2, -0.15) is 0 Å². The van der Waals surface area contributed by atoms with Gasteiger partial charge in [0.05, 0.1) is 0 Å². The molecule has 0 heterocycles. The fourth-order valence-corrected chi connectivity index (χ4v) is 0. The maximum absolute atomic E-state index is 4.83. The molecule has 3 nitrogen and oxygen atoms in total. The Morgan fingerprint density at radius 1 is 1.60 bits per heavy atom. The molecule has 5 heteroatoms. The molecule has 0 fully saturated rings. The molecule has 0 atom stereocenters. The third-order valence-corrected chi connectivity index (χ3v) is 0.192. The summed E-state index contributed by atoms with van der Waals surface area (Å²) in [7, 11) is 4.08. The summed E-state index contributed by atoms with van der Waals surface area (Å²) in [5, 5.41) is 2.08. The monoisotopic (exact) mass is 69.1 g/mol. The van der Waals surface area contributed by atoms with Crippen LogP contribution in [0.4, 0.5) is 0 Å². The van der Waals surface area contributed by atoms with E-state index in [1.165, 1.54) is 0 Å². The van der Waals surface area contributed by atoms with Crippen LogP contribution in [0.1, 0.15) is 0 Å². The minimum absolute atomic E-state index is 0.588. The highest BCUT2D eigenvalue weighted by atomic mass is 14.9. The predicted octanol–water partition coefficient (Wildman–Crippen LogP) is -2.44. The van der Waals surface area contributed by atoms with Crippen LogP contribution < -0.4 is 16.4 Å². The summed E-state index contributed by atoms with van der Waals surface area (Å²) < 4.78 is 0. The summed E-state index contributed by atoms with van der Waals surface area (Å²) in [4.78, 5) is 0. The second-order valence-corrected chi connectivity index (χ2v) is 0.692. The third kappa shape index (κ3) is 4.01. The fraction of sp³-hybridized carbons (Fsp3) is 0. The molecule has 0 aliphatic rings. The van der Waals surface area contributed by atoms with E-state index in [9.17, 15) is 0 Å². The van der Waals surface area contributed by atoms with Gasteiger partial charge in [0, 0.05) is 0 Å². The zero-order chi connectivity index (χ0) is 4.28. The molecule has 0 aromatic carbocycles. The van der Waals surface area contributed by atoms with Crippen LogP contribution in [0.25, 0.3) is 0 Å². The quantitative estimate of drug-likeness (QED) is 0.299. The molecule has 0 unspecified atom stereocenters. The Kier molecular flexibility index (Phi) is 2.26. The SMILES string of the molecule is [B]NB(N)N. The summed E-state index contributed by atoms with van der Waals surface area (Å²) in [5.41, 5.74) is 9.67. The average molecular weight is 68.7 g/mol. The van der Waals surface area contributed by atoms with E-state index in [1.54, 1.807) is 0 Å². The zero-order valence-corrected chi connectivity index (χ0v) is 2.81. The van der Waals surface area contributed by atoms with Gasteiger partial charge in [-0.25, -0.2) is 0 Å². The summed E-state index contributed by atoms with van der Waals surface area (Å²) in [5.74, 6) is 0. The number of nitrogens with two attached hydrogens (primary N) is 2. The average Bonchev–Trinajstić information content (AvgIpc) is 1.38. The molecule has 0 aliphatic heterocycles. The van der Waals surface area contributed by atoms with Gasteiger partial charge < -0.3 is 16.4 Å². The van der Waals surface area contributed by atoms with E-state index in [4.69, 9.17) is 11.3 Å². The van der Waals surface area contributed by atoms with Gasteiger partial charge in [-0.3, -0.25) is 0 Å². The molecule has 5 N–H and O–H groups in total. The molecule has 0 bridgehead atoms. The largest absolute Gasteiger partial charge is 0.380 e. The lowest BCUT2D eigenvalue weighted by molar-refractivity contribution is 1.43. The van der Waals surface area contributed by atoms with Crippen molar-refractivity contribution < 1.29 is 0 Å². The van der Waals surface area contributed by atoms with Gasteiger partial charge >= 0.3 is 7.12 Å². The smallest absolute Gasteiger partial charge is 0.377 e. The zero-order valence-electron chi connectivity index (χ0n) is 2.81. The molecule has 0 spiro atoms. The normalized spacial score (nSPS) is 7.60. The van der Waals surface area contributed by atoms with E-state index in [0.717, 1.165) is 0 Å². The molecule has 0 aromatic heterocycles. The molecule has 26 valence electrons. The van der Waals surface area contributed by atoms with Crippen molar-refractivity contribution in [3.63, 3.8) is 0 Å². The first kappa shape index (κ1) is 5.01. The minimum Gasteiger partial charge on any atom is -0.380 e. The maximum atomic E-state index is 4.83. The summed E-state index contributed by atoms with van der Waals surface area (Å²) in [6, 6.07) is 0.